The normalized spacial score (nSPS) is 11.4. The molecule has 0 spiro atoms. The van der Waals surface area contributed by atoms with Gasteiger partial charge in [0.15, 0.2) is 5.69 Å². The molecule has 2 aromatic carbocycles. The van der Waals surface area contributed by atoms with Crippen molar-refractivity contribution in [2.75, 3.05) is 32.8 Å². The van der Waals surface area contributed by atoms with Gasteiger partial charge in [-0.15, -0.1) is 5.10 Å². The highest BCUT2D eigenvalue weighted by molar-refractivity contribution is 6.03. The van der Waals surface area contributed by atoms with Gasteiger partial charge in [-0.1, -0.05) is 51.7 Å². The minimum atomic E-state index is -0.361. The zero-order chi connectivity index (χ0) is 28.4. The van der Waals surface area contributed by atoms with Gasteiger partial charge in [0.05, 0.1) is 26.5 Å². The van der Waals surface area contributed by atoms with Gasteiger partial charge in [-0.2, -0.15) is 0 Å². The summed E-state index contributed by atoms with van der Waals surface area (Å²) in [6.45, 7) is 9.04. The first-order valence-corrected chi connectivity index (χ1v) is 13.5. The maximum absolute atomic E-state index is 13.3. The minimum Gasteiger partial charge on any atom is -0.497 e. The van der Waals surface area contributed by atoms with Crippen LogP contribution in [0.15, 0.2) is 36.4 Å². The van der Waals surface area contributed by atoms with Gasteiger partial charge in [-0.05, 0) is 55.0 Å². The fourth-order valence-corrected chi connectivity index (χ4v) is 4.22. The van der Waals surface area contributed by atoms with Crippen LogP contribution < -0.4 is 19.5 Å². The summed E-state index contributed by atoms with van der Waals surface area (Å²) in [5.41, 5.74) is 2.97. The summed E-state index contributed by atoms with van der Waals surface area (Å²) < 4.78 is 18.5. The van der Waals surface area contributed by atoms with Gasteiger partial charge in [0.25, 0.3) is 5.91 Å². The molecule has 0 bridgehead atoms. The van der Waals surface area contributed by atoms with Crippen molar-refractivity contribution in [2.24, 2.45) is 0 Å². The Kier molecular flexibility index (Phi) is 10.7. The van der Waals surface area contributed by atoms with E-state index in [1.54, 1.807) is 44.0 Å². The number of unbranched alkanes of at least 4 members (excludes halogenated alkanes) is 5. The van der Waals surface area contributed by atoms with Crippen molar-refractivity contribution in [3.8, 4) is 22.9 Å². The van der Waals surface area contributed by atoms with E-state index in [4.69, 9.17) is 19.3 Å². The molecular formula is C30H42N4O5. The van der Waals surface area contributed by atoms with Crippen LogP contribution in [0.1, 0.15) is 81.0 Å². The molecular weight excluding hydrogens is 496 g/mol. The fourth-order valence-electron chi connectivity index (χ4n) is 4.22. The number of aliphatic hydroxyl groups is 1. The van der Waals surface area contributed by atoms with Crippen LogP contribution in [-0.2, 0) is 5.41 Å². The molecule has 9 heteroatoms. The number of aliphatic hydroxyl groups excluding tert-OH is 1. The molecule has 0 radical (unpaired) electrons. The van der Waals surface area contributed by atoms with Gasteiger partial charge >= 0.3 is 0 Å². The van der Waals surface area contributed by atoms with Crippen LogP contribution in [-0.4, -0.2) is 53.4 Å². The quantitative estimate of drug-likeness (QED) is 0.248. The molecule has 1 amide bonds. The first-order valence-electron chi connectivity index (χ1n) is 13.5. The molecule has 39 heavy (non-hydrogen) atoms. The van der Waals surface area contributed by atoms with E-state index in [9.17, 15) is 4.79 Å². The van der Waals surface area contributed by atoms with Crippen LogP contribution in [0, 0.1) is 6.92 Å². The van der Waals surface area contributed by atoms with Crippen LogP contribution >= 0.6 is 0 Å². The third-order valence-electron chi connectivity index (χ3n) is 6.58. The highest BCUT2D eigenvalue weighted by atomic mass is 16.5. The Labute approximate surface area is 231 Å². The lowest BCUT2D eigenvalue weighted by Crippen LogP contribution is -2.16. The molecule has 0 saturated carbocycles. The number of ether oxygens (including phenoxy) is 3. The number of amides is 1. The van der Waals surface area contributed by atoms with Gasteiger partial charge in [0.1, 0.15) is 22.9 Å². The molecule has 3 aromatic rings. The molecule has 0 saturated heterocycles. The maximum Gasteiger partial charge on any atom is 0.278 e. The van der Waals surface area contributed by atoms with Crippen molar-refractivity contribution < 1.29 is 24.1 Å². The Hall–Kier alpha value is -3.59. The second kappa shape index (κ2) is 14.0. The number of hydrogen-bond donors (Lipinski definition) is 2. The Balaban J connectivity index is 1.75. The predicted octanol–water partition coefficient (Wildman–Crippen LogP) is 5.85. The zero-order valence-electron chi connectivity index (χ0n) is 24.0. The van der Waals surface area contributed by atoms with Crippen LogP contribution in [0.5, 0.6) is 17.2 Å². The molecule has 0 aliphatic heterocycles. The van der Waals surface area contributed by atoms with E-state index < -0.39 is 0 Å². The van der Waals surface area contributed by atoms with Gasteiger partial charge in [0.2, 0.25) is 0 Å². The summed E-state index contributed by atoms with van der Waals surface area (Å²) in [4.78, 5) is 13.3. The summed E-state index contributed by atoms with van der Waals surface area (Å²) in [7, 11) is 3.16. The summed E-state index contributed by atoms with van der Waals surface area (Å²) in [5, 5.41) is 20.3. The van der Waals surface area contributed by atoms with E-state index in [0.29, 0.717) is 35.2 Å². The highest BCUT2D eigenvalue weighted by Crippen LogP contribution is 2.31. The minimum absolute atomic E-state index is 0.131. The monoisotopic (exact) mass is 538 g/mol. The Morgan fingerprint density at radius 1 is 0.949 bits per heavy atom. The molecule has 1 heterocycles. The molecule has 0 unspecified atom stereocenters. The van der Waals surface area contributed by atoms with E-state index >= 15 is 0 Å². The third-order valence-corrected chi connectivity index (χ3v) is 6.58. The summed E-state index contributed by atoms with van der Waals surface area (Å²) in [5.74, 6) is 1.58. The number of benzene rings is 2. The van der Waals surface area contributed by atoms with Crippen LogP contribution in [0.25, 0.3) is 5.69 Å². The second-order valence-electron chi connectivity index (χ2n) is 10.6. The van der Waals surface area contributed by atoms with Gasteiger partial charge in [-0.25, -0.2) is 4.68 Å². The largest absolute Gasteiger partial charge is 0.497 e. The number of carbonyl (C=O) groups excluding carboxylic acids is 1. The Morgan fingerprint density at radius 2 is 1.67 bits per heavy atom. The number of carbonyl (C=O) groups is 1. The third kappa shape index (κ3) is 8.20. The number of methoxy groups -OCH3 is 2. The molecule has 0 atom stereocenters. The lowest BCUT2D eigenvalue weighted by molar-refractivity contribution is 0.102. The first kappa shape index (κ1) is 30.0. The van der Waals surface area contributed by atoms with Crippen LogP contribution in [0.4, 0.5) is 5.69 Å². The number of nitrogens with zero attached hydrogens (tertiary/aromatic N) is 3. The van der Waals surface area contributed by atoms with Crippen LogP contribution in [0.2, 0.25) is 0 Å². The molecule has 3 rings (SSSR count). The zero-order valence-corrected chi connectivity index (χ0v) is 24.0. The lowest BCUT2D eigenvalue weighted by atomic mass is 9.86. The molecule has 0 fully saturated rings. The summed E-state index contributed by atoms with van der Waals surface area (Å²) >= 11 is 0. The van der Waals surface area contributed by atoms with Crippen molar-refractivity contribution in [3.05, 3.63) is 53.3 Å². The number of anilines is 1. The van der Waals surface area contributed by atoms with Crippen LogP contribution in [0.3, 0.4) is 0 Å². The summed E-state index contributed by atoms with van der Waals surface area (Å²) in [6.07, 6.45) is 6.24. The molecule has 2 N–H and O–H groups in total. The molecule has 0 aliphatic rings. The average Bonchev–Trinajstić information content (AvgIpc) is 3.30. The van der Waals surface area contributed by atoms with E-state index in [-0.39, 0.29) is 23.6 Å². The second-order valence-corrected chi connectivity index (χ2v) is 10.6. The first-order chi connectivity index (χ1) is 18.7. The van der Waals surface area contributed by atoms with Crippen molar-refractivity contribution in [1.29, 1.82) is 0 Å². The van der Waals surface area contributed by atoms with Crippen molar-refractivity contribution in [3.63, 3.8) is 0 Å². The lowest BCUT2D eigenvalue weighted by Gasteiger charge is -2.21. The van der Waals surface area contributed by atoms with Gasteiger partial charge in [0, 0.05) is 24.4 Å². The van der Waals surface area contributed by atoms with E-state index in [2.05, 4.69) is 36.4 Å². The molecule has 212 valence electrons. The summed E-state index contributed by atoms with van der Waals surface area (Å²) in [6, 6.07) is 11.2. The van der Waals surface area contributed by atoms with E-state index in [0.717, 1.165) is 49.8 Å². The van der Waals surface area contributed by atoms with E-state index in [1.165, 1.54) is 0 Å². The molecule has 9 nitrogen and oxygen atoms in total. The van der Waals surface area contributed by atoms with Crippen molar-refractivity contribution in [1.82, 2.24) is 15.0 Å². The Bertz CT molecular complexity index is 1230. The fraction of sp³-hybridized carbons (Fsp3) is 0.500. The van der Waals surface area contributed by atoms with Gasteiger partial charge < -0.3 is 24.6 Å². The number of rotatable bonds is 14. The molecule has 1 aromatic heterocycles. The topological polar surface area (TPSA) is 108 Å². The van der Waals surface area contributed by atoms with E-state index in [1.807, 2.05) is 18.2 Å². The molecule has 0 aliphatic carbocycles. The van der Waals surface area contributed by atoms with Crippen molar-refractivity contribution in [2.45, 2.75) is 71.6 Å². The Morgan fingerprint density at radius 3 is 2.33 bits per heavy atom. The predicted molar refractivity (Wildman–Crippen MR) is 153 cm³/mol. The van der Waals surface area contributed by atoms with Crippen molar-refractivity contribution >= 4 is 11.6 Å². The maximum atomic E-state index is 13.3. The number of aromatic nitrogens is 3. The van der Waals surface area contributed by atoms with Gasteiger partial charge in [-0.3, -0.25) is 4.79 Å². The standard InChI is InChI=1S/C30H42N4O5/c1-21-28(32-33-34(21)26-20-24(37-5)13-14-27(26)38-6)29(36)31-23-17-22(30(2,3)4)18-25(19-23)39-16-12-10-8-7-9-11-15-35/h13-14,17-20,35H,7-12,15-16H2,1-6H3,(H,31,36). The average molecular weight is 539 g/mol. The smallest absolute Gasteiger partial charge is 0.278 e. The number of nitrogens with one attached hydrogen (secondary N) is 1. The number of hydrogen-bond acceptors (Lipinski definition) is 7. The highest BCUT2D eigenvalue weighted by Gasteiger charge is 2.22. The SMILES string of the molecule is COc1ccc(OC)c(-n2nnc(C(=O)Nc3cc(OCCCCCCCCO)cc(C(C)(C)C)c3)c2C)c1.